The summed E-state index contributed by atoms with van der Waals surface area (Å²) in [5.41, 5.74) is 0.935. The molecule has 2 aromatic heterocycles. The van der Waals surface area contributed by atoms with Crippen LogP contribution in [0.15, 0.2) is 30.6 Å². The number of fused-ring (bicyclic) bond motifs is 1. The van der Waals surface area contributed by atoms with Crippen LogP contribution in [0.1, 0.15) is 25.7 Å². The van der Waals surface area contributed by atoms with Gasteiger partial charge in [0, 0.05) is 25.0 Å². The fourth-order valence-electron chi connectivity index (χ4n) is 2.96. The third-order valence-corrected chi connectivity index (χ3v) is 3.96. The Hall–Kier alpha value is -2.04. The van der Waals surface area contributed by atoms with Crippen molar-refractivity contribution < 1.29 is 9.53 Å². The molecular formula is C15H19N3O2. The first-order chi connectivity index (χ1) is 9.79. The molecule has 3 rings (SSSR count). The lowest BCUT2D eigenvalue weighted by Crippen LogP contribution is -2.42. The van der Waals surface area contributed by atoms with Gasteiger partial charge in [0.1, 0.15) is 11.5 Å². The number of esters is 1. The van der Waals surface area contributed by atoms with Gasteiger partial charge >= 0.3 is 5.97 Å². The van der Waals surface area contributed by atoms with Gasteiger partial charge < -0.3 is 9.64 Å². The fourth-order valence-corrected chi connectivity index (χ4v) is 2.96. The number of hydrogen-bond donors (Lipinski definition) is 0. The molecule has 0 aromatic carbocycles. The molecule has 1 aliphatic rings. The number of nitrogens with zero attached hydrogens (tertiary/aromatic N) is 3. The number of rotatable bonds is 3. The highest BCUT2D eigenvalue weighted by atomic mass is 16.5. The average Bonchev–Trinajstić information content (AvgIpc) is 2.96. The summed E-state index contributed by atoms with van der Waals surface area (Å²) in [7, 11) is 1.45. The molecule has 2 aromatic rings. The summed E-state index contributed by atoms with van der Waals surface area (Å²) in [6, 6.07) is 6.30. The molecule has 0 N–H and O–H groups in total. The molecule has 3 heterocycles. The van der Waals surface area contributed by atoms with E-state index >= 15 is 0 Å². The van der Waals surface area contributed by atoms with Gasteiger partial charge in [-0.3, -0.25) is 9.20 Å². The van der Waals surface area contributed by atoms with E-state index in [0.717, 1.165) is 37.3 Å². The zero-order valence-corrected chi connectivity index (χ0v) is 11.7. The summed E-state index contributed by atoms with van der Waals surface area (Å²) in [4.78, 5) is 18.2. The minimum Gasteiger partial charge on any atom is -0.469 e. The van der Waals surface area contributed by atoms with Crippen LogP contribution in [0.3, 0.4) is 0 Å². The molecule has 1 atom stereocenters. The van der Waals surface area contributed by atoms with E-state index < -0.39 is 0 Å². The van der Waals surface area contributed by atoms with Gasteiger partial charge in [-0.25, -0.2) is 4.98 Å². The SMILES string of the molecule is COC(=O)CC1CCCCN1c1cccc2nccn12. The van der Waals surface area contributed by atoms with Crippen LogP contribution in [0.5, 0.6) is 0 Å². The number of carbonyl (C=O) groups excluding carboxylic acids is 1. The van der Waals surface area contributed by atoms with E-state index in [2.05, 4.69) is 20.4 Å². The topological polar surface area (TPSA) is 46.8 Å². The Kier molecular flexibility index (Phi) is 3.58. The molecule has 106 valence electrons. The Morgan fingerprint density at radius 3 is 3.20 bits per heavy atom. The second kappa shape index (κ2) is 5.53. The van der Waals surface area contributed by atoms with Crippen molar-refractivity contribution in [3.8, 4) is 0 Å². The molecule has 0 spiro atoms. The van der Waals surface area contributed by atoms with E-state index in [1.807, 2.05) is 18.3 Å². The van der Waals surface area contributed by atoms with Gasteiger partial charge in [0.05, 0.1) is 13.5 Å². The van der Waals surface area contributed by atoms with Crippen LogP contribution in [0.2, 0.25) is 0 Å². The molecule has 5 heteroatoms. The maximum absolute atomic E-state index is 11.6. The molecule has 0 amide bonds. The molecule has 1 saturated heterocycles. The van der Waals surface area contributed by atoms with Crippen molar-refractivity contribution >= 4 is 17.4 Å². The zero-order valence-electron chi connectivity index (χ0n) is 11.7. The number of carbonyl (C=O) groups is 1. The average molecular weight is 273 g/mol. The predicted molar refractivity (Wildman–Crippen MR) is 76.8 cm³/mol. The largest absolute Gasteiger partial charge is 0.469 e. The maximum atomic E-state index is 11.6. The van der Waals surface area contributed by atoms with E-state index in [4.69, 9.17) is 4.74 Å². The summed E-state index contributed by atoms with van der Waals surface area (Å²) in [6.45, 7) is 0.971. The van der Waals surface area contributed by atoms with Gasteiger partial charge in [0.15, 0.2) is 0 Å². The van der Waals surface area contributed by atoms with Crippen molar-refractivity contribution in [1.82, 2.24) is 9.38 Å². The lowest BCUT2D eigenvalue weighted by atomic mass is 9.99. The number of ether oxygens (including phenoxy) is 1. The number of methoxy groups -OCH3 is 1. The Morgan fingerprint density at radius 2 is 2.35 bits per heavy atom. The van der Waals surface area contributed by atoms with Crippen LogP contribution < -0.4 is 4.90 Å². The van der Waals surface area contributed by atoms with Crippen molar-refractivity contribution in [2.24, 2.45) is 0 Å². The number of pyridine rings is 1. The summed E-state index contributed by atoms with van der Waals surface area (Å²) in [5.74, 6) is 0.966. The Balaban J connectivity index is 1.93. The molecule has 0 radical (unpaired) electrons. The van der Waals surface area contributed by atoms with Crippen molar-refractivity contribution in [1.29, 1.82) is 0 Å². The minimum absolute atomic E-state index is 0.139. The standard InChI is InChI=1S/C15H19N3O2/c1-20-15(19)11-12-5-2-3-9-17(12)14-7-4-6-13-16-8-10-18(13)14/h4,6-8,10,12H,2-3,5,9,11H2,1H3. The number of anilines is 1. The van der Waals surface area contributed by atoms with Gasteiger partial charge in [-0.2, -0.15) is 0 Å². The third-order valence-electron chi connectivity index (χ3n) is 3.96. The van der Waals surface area contributed by atoms with E-state index in [1.165, 1.54) is 7.11 Å². The van der Waals surface area contributed by atoms with Gasteiger partial charge in [-0.15, -0.1) is 0 Å². The Labute approximate surface area is 118 Å². The van der Waals surface area contributed by atoms with E-state index in [-0.39, 0.29) is 12.0 Å². The highest BCUT2D eigenvalue weighted by Crippen LogP contribution is 2.27. The molecule has 0 saturated carbocycles. The van der Waals surface area contributed by atoms with Crippen molar-refractivity contribution in [3.05, 3.63) is 30.6 Å². The van der Waals surface area contributed by atoms with Gasteiger partial charge in [0.25, 0.3) is 0 Å². The Morgan fingerprint density at radius 1 is 1.45 bits per heavy atom. The lowest BCUT2D eigenvalue weighted by molar-refractivity contribution is -0.141. The summed E-state index contributed by atoms with van der Waals surface area (Å²) >= 11 is 0. The van der Waals surface area contributed by atoms with E-state index in [0.29, 0.717) is 6.42 Å². The van der Waals surface area contributed by atoms with Crippen molar-refractivity contribution in [2.45, 2.75) is 31.7 Å². The molecule has 1 fully saturated rings. The van der Waals surface area contributed by atoms with E-state index in [9.17, 15) is 4.79 Å². The van der Waals surface area contributed by atoms with Crippen LogP contribution in [0, 0.1) is 0 Å². The number of piperidine rings is 1. The van der Waals surface area contributed by atoms with Crippen LogP contribution in [0.25, 0.3) is 5.65 Å². The van der Waals surface area contributed by atoms with Crippen LogP contribution in [0.4, 0.5) is 5.82 Å². The second-order valence-electron chi connectivity index (χ2n) is 5.16. The monoisotopic (exact) mass is 273 g/mol. The first-order valence-corrected chi connectivity index (χ1v) is 7.05. The highest BCUT2D eigenvalue weighted by molar-refractivity contribution is 5.71. The van der Waals surface area contributed by atoms with Crippen molar-refractivity contribution in [3.63, 3.8) is 0 Å². The van der Waals surface area contributed by atoms with Gasteiger partial charge in [-0.1, -0.05) is 6.07 Å². The minimum atomic E-state index is -0.139. The van der Waals surface area contributed by atoms with Crippen LogP contribution >= 0.6 is 0 Å². The smallest absolute Gasteiger partial charge is 0.307 e. The number of imidazole rings is 1. The third kappa shape index (κ3) is 2.35. The van der Waals surface area contributed by atoms with Crippen LogP contribution in [-0.2, 0) is 9.53 Å². The molecule has 5 nitrogen and oxygen atoms in total. The normalized spacial score (nSPS) is 19.2. The summed E-state index contributed by atoms with van der Waals surface area (Å²) in [5, 5.41) is 0. The molecule has 0 bridgehead atoms. The van der Waals surface area contributed by atoms with Gasteiger partial charge in [0.2, 0.25) is 0 Å². The van der Waals surface area contributed by atoms with E-state index in [1.54, 1.807) is 6.20 Å². The summed E-state index contributed by atoms with van der Waals surface area (Å²) < 4.78 is 6.90. The second-order valence-corrected chi connectivity index (χ2v) is 5.16. The number of hydrogen-bond acceptors (Lipinski definition) is 4. The molecular weight excluding hydrogens is 254 g/mol. The highest BCUT2D eigenvalue weighted by Gasteiger charge is 2.26. The Bertz CT molecular complexity index is 608. The first kappa shape index (κ1) is 13.0. The number of aromatic nitrogens is 2. The zero-order chi connectivity index (χ0) is 13.9. The molecule has 20 heavy (non-hydrogen) atoms. The predicted octanol–water partition coefficient (Wildman–Crippen LogP) is 2.26. The lowest BCUT2D eigenvalue weighted by Gasteiger charge is -2.37. The molecule has 1 aliphatic heterocycles. The van der Waals surface area contributed by atoms with Crippen LogP contribution in [-0.4, -0.2) is 35.1 Å². The first-order valence-electron chi connectivity index (χ1n) is 7.05. The molecule has 1 unspecified atom stereocenters. The van der Waals surface area contributed by atoms with Gasteiger partial charge in [-0.05, 0) is 31.4 Å². The quantitative estimate of drug-likeness (QED) is 0.805. The fraction of sp³-hybridized carbons (Fsp3) is 0.467. The van der Waals surface area contributed by atoms with Crippen molar-refractivity contribution in [2.75, 3.05) is 18.6 Å². The summed E-state index contributed by atoms with van der Waals surface area (Å²) in [6.07, 6.45) is 7.56. The maximum Gasteiger partial charge on any atom is 0.307 e. The molecule has 0 aliphatic carbocycles.